The molecule has 0 aromatic carbocycles. The van der Waals surface area contributed by atoms with Crippen molar-refractivity contribution in [2.75, 3.05) is 14.2 Å². The SMILES string of the molecule is CCCC[Si](C)(C)OC(C)C1C(=O)N(C(=O)C(=O)OC)C1SSC1C(C(C)O[Si](C)(C)CCCC)C(=O)N1C(=O)C(=O)OC. The van der Waals surface area contributed by atoms with Crippen LogP contribution in [0.25, 0.3) is 0 Å². The number of carbonyl (C=O) groups excluding carboxylic acids is 6. The van der Waals surface area contributed by atoms with Gasteiger partial charge in [-0.05, 0) is 52.1 Å². The summed E-state index contributed by atoms with van der Waals surface area (Å²) < 4.78 is 22.0. The summed E-state index contributed by atoms with van der Waals surface area (Å²) in [5.41, 5.74) is 0. The van der Waals surface area contributed by atoms with Crippen molar-refractivity contribution in [3.8, 4) is 0 Å². The molecule has 0 radical (unpaired) electrons. The maximum Gasteiger partial charge on any atom is 0.397 e. The number of imide groups is 2. The lowest BCUT2D eigenvalue weighted by molar-refractivity contribution is -0.174. The van der Waals surface area contributed by atoms with Crippen LogP contribution in [0.15, 0.2) is 0 Å². The number of ether oxygens (including phenoxy) is 2. The van der Waals surface area contributed by atoms with Crippen molar-refractivity contribution in [3.05, 3.63) is 0 Å². The van der Waals surface area contributed by atoms with E-state index in [1.165, 1.54) is 0 Å². The molecule has 0 bridgehead atoms. The predicted octanol–water partition coefficient (Wildman–Crippen LogP) is 4.16. The van der Waals surface area contributed by atoms with Gasteiger partial charge in [0.2, 0.25) is 11.8 Å². The summed E-state index contributed by atoms with van der Waals surface area (Å²) >= 11 is 0. The summed E-state index contributed by atoms with van der Waals surface area (Å²) in [7, 11) is -0.0257. The van der Waals surface area contributed by atoms with Gasteiger partial charge in [-0.1, -0.05) is 61.1 Å². The lowest BCUT2D eigenvalue weighted by Gasteiger charge is -2.50. The third-order valence-electron chi connectivity index (χ3n) is 7.87. The molecule has 6 atom stereocenters. The number of likely N-dealkylation sites (tertiary alicyclic amines) is 2. The van der Waals surface area contributed by atoms with Crippen LogP contribution in [0.2, 0.25) is 38.3 Å². The standard InChI is InChI=1S/C28H48N2O10S2Si2/c1-11-13-15-43(7,8)39-17(3)19-21(31)29(23(33)27(35)37-5)25(19)41-42-26-20(18(4)40-44(9,10)16-14-12-2)22(32)30(26)24(34)28(36)38-6/h17-20,25-26H,11-16H2,1-10H3. The molecule has 0 aromatic rings. The molecule has 0 saturated carbocycles. The molecule has 2 aliphatic heterocycles. The summed E-state index contributed by atoms with van der Waals surface area (Å²) in [6, 6.07) is 1.80. The van der Waals surface area contributed by atoms with E-state index in [9.17, 15) is 28.8 Å². The third kappa shape index (κ3) is 8.96. The van der Waals surface area contributed by atoms with Crippen molar-refractivity contribution in [2.24, 2.45) is 11.8 Å². The second-order valence-corrected chi connectivity index (χ2v) is 23.4. The molecule has 2 saturated heterocycles. The average molecular weight is 693 g/mol. The lowest BCUT2D eigenvalue weighted by Crippen LogP contribution is -2.68. The summed E-state index contributed by atoms with van der Waals surface area (Å²) in [5, 5.41) is -1.69. The molecule has 2 rings (SSSR count). The number of methoxy groups -OCH3 is 2. The normalized spacial score (nSPS) is 23.4. The van der Waals surface area contributed by atoms with Crippen molar-refractivity contribution in [3.63, 3.8) is 0 Å². The van der Waals surface area contributed by atoms with Gasteiger partial charge in [0.1, 0.15) is 10.7 Å². The van der Waals surface area contributed by atoms with Gasteiger partial charge < -0.3 is 18.3 Å². The molecule has 250 valence electrons. The van der Waals surface area contributed by atoms with Crippen LogP contribution < -0.4 is 0 Å². The highest BCUT2D eigenvalue weighted by molar-refractivity contribution is 8.77. The number of carbonyl (C=O) groups is 6. The molecule has 12 nitrogen and oxygen atoms in total. The van der Waals surface area contributed by atoms with E-state index in [0.29, 0.717) is 0 Å². The third-order valence-corrected chi connectivity index (χ3v) is 16.0. The van der Waals surface area contributed by atoms with Gasteiger partial charge in [0.25, 0.3) is 0 Å². The molecule has 2 aliphatic rings. The fourth-order valence-electron chi connectivity index (χ4n) is 5.44. The summed E-state index contributed by atoms with van der Waals surface area (Å²) in [5.74, 6) is -7.22. The Morgan fingerprint density at radius 1 is 0.705 bits per heavy atom. The first-order valence-corrected chi connectivity index (χ1v) is 23.6. The molecule has 4 amide bonds. The van der Waals surface area contributed by atoms with E-state index in [0.717, 1.165) is 83.4 Å². The average Bonchev–Trinajstić information content (AvgIpc) is 2.94. The number of hydrogen-bond acceptors (Lipinski definition) is 12. The predicted molar refractivity (Wildman–Crippen MR) is 173 cm³/mol. The highest BCUT2D eigenvalue weighted by Gasteiger charge is 2.60. The number of esters is 2. The number of rotatable bonds is 15. The Kier molecular flexibility index (Phi) is 14.2. The van der Waals surface area contributed by atoms with E-state index in [2.05, 4.69) is 49.5 Å². The first-order valence-electron chi connectivity index (χ1n) is 15.1. The minimum atomic E-state index is -2.15. The number of amides is 4. The van der Waals surface area contributed by atoms with Crippen LogP contribution in [-0.4, -0.2) is 99.2 Å². The van der Waals surface area contributed by atoms with Gasteiger partial charge in [0, 0.05) is 0 Å². The Morgan fingerprint density at radius 3 is 1.30 bits per heavy atom. The largest absolute Gasteiger partial charge is 0.462 e. The van der Waals surface area contributed by atoms with Gasteiger partial charge >= 0.3 is 23.8 Å². The van der Waals surface area contributed by atoms with Gasteiger partial charge in [0.15, 0.2) is 16.6 Å². The first kappa shape index (κ1) is 38.5. The second kappa shape index (κ2) is 16.2. The molecule has 44 heavy (non-hydrogen) atoms. The van der Waals surface area contributed by atoms with Crippen LogP contribution >= 0.6 is 21.6 Å². The molecule has 0 aromatic heterocycles. The fraction of sp³-hybridized carbons (Fsp3) is 0.786. The van der Waals surface area contributed by atoms with Crippen LogP contribution in [0, 0.1) is 11.8 Å². The maximum atomic E-state index is 13.3. The summed E-state index contributed by atoms with van der Waals surface area (Å²) in [6.45, 7) is 16.0. The van der Waals surface area contributed by atoms with E-state index < -0.39 is 87.0 Å². The van der Waals surface area contributed by atoms with Crippen molar-refractivity contribution < 1.29 is 47.1 Å². The van der Waals surface area contributed by atoms with E-state index in [1.54, 1.807) is 13.8 Å². The Labute approximate surface area is 270 Å². The molecule has 0 spiro atoms. The number of unbranched alkanes of at least 4 members (excludes halogenated alkanes) is 2. The number of nitrogens with zero attached hydrogens (tertiary/aromatic N) is 2. The number of hydrogen-bond donors (Lipinski definition) is 0. The molecule has 0 N–H and O–H groups in total. The summed E-state index contributed by atoms with van der Waals surface area (Å²) in [6.07, 6.45) is 2.89. The zero-order valence-electron chi connectivity index (χ0n) is 27.5. The monoisotopic (exact) mass is 692 g/mol. The van der Waals surface area contributed by atoms with Crippen LogP contribution in [0.4, 0.5) is 0 Å². The minimum Gasteiger partial charge on any atom is -0.462 e. The van der Waals surface area contributed by atoms with Crippen LogP contribution in [-0.2, 0) is 47.1 Å². The Hall–Kier alpha value is -1.73. The molecule has 0 aliphatic carbocycles. The zero-order valence-corrected chi connectivity index (χ0v) is 31.1. The van der Waals surface area contributed by atoms with Gasteiger partial charge in [-0.2, -0.15) is 0 Å². The van der Waals surface area contributed by atoms with Crippen molar-refractivity contribution in [1.82, 2.24) is 9.80 Å². The van der Waals surface area contributed by atoms with Gasteiger partial charge in [-0.3, -0.25) is 29.0 Å². The Balaban J connectivity index is 2.35. The van der Waals surface area contributed by atoms with Crippen molar-refractivity contribution in [1.29, 1.82) is 0 Å². The molecule has 16 heteroatoms. The van der Waals surface area contributed by atoms with Crippen LogP contribution in [0.3, 0.4) is 0 Å². The lowest BCUT2D eigenvalue weighted by atomic mass is 9.92. The van der Waals surface area contributed by atoms with Gasteiger partial charge in [0.05, 0.1) is 38.3 Å². The van der Waals surface area contributed by atoms with Gasteiger partial charge in [-0.25, -0.2) is 9.59 Å². The topological polar surface area (TPSA) is 146 Å². The van der Waals surface area contributed by atoms with Crippen molar-refractivity contribution >= 4 is 73.8 Å². The fourth-order valence-corrected chi connectivity index (χ4v) is 14.0. The minimum absolute atomic E-state index is 0.555. The molecular weight excluding hydrogens is 645 g/mol. The molecular formula is C28H48N2O10S2Si2. The number of β-lactam (4-membered cyclic amide) rings is 2. The van der Waals surface area contributed by atoms with E-state index in [-0.39, 0.29) is 0 Å². The van der Waals surface area contributed by atoms with Crippen LogP contribution in [0.5, 0.6) is 0 Å². The smallest absolute Gasteiger partial charge is 0.397 e. The van der Waals surface area contributed by atoms with Crippen LogP contribution in [0.1, 0.15) is 53.4 Å². The first-order chi connectivity index (χ1) is 20.5. The second-order valence-electron chi connectivity index (χ2n) is 12.4. The molecule has 2 heterocycles. The van der Waals surface area contributed by atoms with Crippen molar-refractivity contribution in [2.45, 2.75) is 115 Å². The molecule has 6 unspecified atom stereocenters. The Morgan fingerprint density at radius 2 is 1.02 bits per heavy atom. The van der Waals surface area contributed by atoms with E-state index in [1.807, 2.05) is 0 Å². The summed E-state index contributed by atoms with van der Waals surface area (Å²) in [4.78, 5) is 78.2. The van der Waals surface area contributed by atoms with E-state index in [4.69, 9.17) is 8.85 Å². The quantitative estimate of drug-likeness (QED) is 0.0799. The highest BCUT2D eigenvalue weighted by atomic mass is 33.1. The van der Waals surface area contributed by atoms with Gasteiger partial charge in [-0.15, -0.1) is 0 Å². The Bertz CT molecular complexity index is 1020. The molecule has 2 fully saturated rings. The van der Waals surface area contributed by atoms with E-state index >= 15 is 0 Å². The highest BCUT2D eigenvalue weighted by Crippen LogP contribution is 2.51. The maximum absolute atomic E-state index is 13.3. The zero-order chi connectivity index (χ0) is 33.6.